The molecular formula is C22H30N6O. The minimum absolute atomic E-state index is 0.0813. The van der Waals surface area contributed by atoms with Gasteiger partial charge >= 0.3 is 6.03 Å². The molecule has 1 aromatic rings. The quantitative estimate of drug-likeness (QED) is 0.392. The van der Waals surface area contributed by atoms with Gasteiger partial charge < -0.3 is 16.5 Å². The maximum Gasteiger partial charge on any atom is 0.315 e. The van der Waals surface area contributed by atoms with E-state index in [0.29, 0.717) is 6.54 Å². The second-order valence-electron chi connectivity index (χ2n) is 7.57. The number of nitrogens with one attached hydrogen (secondary N) is 2. The molecule has 2 heterocycles. The number of carbonyl (C=O) groups excluding carboxylic acids is 1. The number of aliphatic imine (C=N–C) groups is 1. The van der Waals surface area contributed by atoms with Crippen LogP contribution in [0.2, 0.25) is 0 Å². The van der Waals surface area contributed by atoms with Gasteiger partial charge in [-0.1, -0.05) is 18.7 Å². The predicted molar refractivity (Wildman–Crippen MR) is 118 cm³/mol. The van der Waals surface area contributed by atoms with Gasteiger partial charge in [-0.05, 0) is 62.3 Å². The molecule has 4 atom stereocenters. The molecule has 2 amide bonds. The average molecular weight is 395 g/mol. The zero-order chi connectivity index (χ0) is 20.6. The van der Waals surface area contributed by atoms with E-state index in [9.17, 15) is 4.79 Å². The summed E-state index contributed by atoms with van der Waals surface area (Å²) in [7, 11) is 0. The number of hydrogen-bond donors (Lipinski definition) is 3. The van der Waals surface area contributed by atoms with Crippen molar-refractivity contribution >= 4 is 23.5 Å². The van der Waals surface area contributed by atoms with Crippen molar-refractivity contribution in [2.75, 3.05) is 6.54 Å². The van der Waals surface area contributed by atoms with E-state index in [1.165, 1.54) is 0 Å². The SMILES string of the molecule is C=C(c1ccccn1)C1CCC2NC(=O)NC2CCC1/C(C/N=C\C=C/C)=N\N. The van der Waals surface area contributed by atoms with Crippen molar-refractivity contribution in [2.45, 2.75) is 44.7 Å². The number of pyridine rings is 1. The van der Waals surface area contributed by atoms with Crippen LogP contribution in [0.3, 0.4) is 0 Å². The molecule has 7 heteroatoms. The molecule has 4 unspecified atom stereocenters. The molecule has 29 heavy (non-hydrogen) atoms. The Labute approximate surface area is 172 Å². The fraction of sp³-hybridized carbons (Fsp3) is 0.455. The normalized spacial score (nSPS) is 27.9. The van der Waals surface area contributed by atoms with Gasteiger partial charge in [0.05, 0.1) is 30.0 Å². The lowest BCUT2D eigenvalue weighted by molar-refractivity contribution is 0.246. The molecule has 1 aliphatic heterocycles. The number of carbonyl (C=O) groups is 1. The number of aromatic nitrogens is 1. The summed E-state index contributed by atoms with van der Waals surface area (Å²) in [5.41, 5.74) is 2.75. The van der Waals surface area contributed by atoms with Gasteiger partial charge in [0.2, 0.25) is 0 Å². The molecule has 0 spiro atoms. The van der Waals surface area contributed by atoms with Crippen LogP contribution in [0.5, 0.6) is 0 Å². The Morgan fingerprint density at radius 2 is 1.97 bits per heavy atom. The van der Waals surface area contributed by atoms with E-state index in [4.69, 9.17) is 5.84 Å². The number of amides is 2. The summed E-state index contributed by atoms with van der Waals surface area (Å²) >= 11 is 0. The third kappa shape index (κ3) is 5.10. The summed E-state index contributed by atoms with van der Waals surface area (Å²) in [6.45, 7) is 6.79. The van der Waals surface area contributed by atoms with Crippen molar-refractivity contribution in [1.29, 1.82) is 0 Å². The van der Waals surface area contributed by atoms with Gasteiger partial charge in [-0.3, -0.25) is 9.98 Å². The Kier molecular flexibility index (Phi) is 7.16. The van der Waals surface area contributed by atoms with Crippen molar-refractivity contribution in [3.63, 3.8) is 0 Å². The maximum atomic E-state index is 11.8. The van der Waals surface area contributed by atoms with E-state index in [0.717, 1.165) is 42.7 Å². The van der Waals surface area contributed by atoms with Crippen LogP contribution in [0, 0.1) is 11.8 Å². The molecule has 2 aliphatic rings. The van der Waals surface area contributed by atoms with Crippen LogP contribution >= 0.6 is 0 Å². The van der Waals surface area contributed by atoms with Gasteiger partial charge in [-0.25, -0.2) is 4.79 Å². The number of fused-ring (bicyclic) bond motifs is 1. The molecule has 0 radical (unpaired) electrons. The van der Waals surface area contributed by atoms with Crippen LogP contribution in [-0.4, -0.2) is 41.6 Å². The highest BCUT2D eigenvalue weighted by atomic mass is 16.2. The first-order valence-corrected chi connectivity index (χ1v) is 10.2. The van der Waals surface area contributed by atoms with Crippen molar-refractivity contribution in [1.82, 2.24) is 15.6 Å². The third-order valence-corrected chi connectivity index (χ3v) is 5.85. The fourth-order valence-corrected chi connectivity index (χ4v) is 4.35. The van der Waals surface area contributed by atoms with Crippen molar-refractivity contribution in [3.05, 3.63) is 48.8 Å². The van der Waals surface area contributed by atoms with Gasteiger partial charge in [0.25, 0.3) is 0 Å². The summed E-state index contributed by atoms with van der Waals surface area (Å²) in [5, 5.41) is 10.2. The van der Waals surface area contributed by atoms with Gasteiger partial charge in [-0.2, -0.15) is 5.10 Å². The largest absolute Gasteiger partial charge is 0.333 e. The van der Waals surface area contributed by atoms with E-state index in [1.807, 2.05) is 37.3 Å². The summed E-state index contributed by atoms with van der Waals surface area (Å²) in [6.07, 6.45) is 10.8. The molecule has 0 bridgehead atoms. The minimum Gasteiger partial charge on any atom is -0.333 e. The maximum absolute atomic E-state index is 11.8. The van der Waals surface area contributed by atoms with Crippen LogP contribution in [0.1, 0.15) is 38.3 Å². The summed E-state index contributed by atoms with van der Waals surface area (Å²) in [4.78, 5) is 20.8. The Bertz CT molecular complexity index is 801. The third-order valence-electron chi connectivity index (χ3n) is 5.85. The Morgan fingerprint density at radius 3 is 2.59 bits per heavy atom. The molecule has 1 saturated carbocycles. The molecule has 1 saturated heterocycles. The molecule has 4 N–H and O–H groups in total. The molecule has 3 rings (SSSR count). The molecule has 2 fully saturated rings. The molecule has 1 aromatic heterocycles. The lowest BCUT2D eigenvalue weighted by Crippen LogP contribution is -2.39. The van der Waals surface area contributed by atoms with Crippen LogP contribution < -0.4 is 16.5 Å². The monoisotopic (exact) mass is 394 g/mol. The Morgan fingerprint density at radius 1 is 1.24 bits per heavy atom. The number of nitrogens with zero attached hydrogens (tertiary/aromatic N) is 3. The Hall–Kier alpha value is -2.96. The van der Waals surface area contributed by atoms with E-state index < -0.39 is 0 Å². The van der Waals surface area contributed by atoms with Gasteiger partial charge in [0, 0.05) is 18.3 Å². The minimum atomic E-state index is -0.0813. The summed E-state index contributed by atoms with van der Waals surface area (Å²) < 4.78 is 0. The second kappa shape index (κ2) is 10.0. The highest BCUT2D eigenvalue weighted by Crippen LogP contribution is 2.38. The number of hydrazone groups is 1. The van der Waals surface area contributed by atoms with Gasteiger partial charge in [-0.15, -0.1) is 0 Å². The lowest BCUT2D eigenvalue weighted by Gasteiger charge is -2.34. The van der Waals surface area contributed by atoms with Crippen LogP contribution in [-0.2, 0) is 0 Å². The standard InChI is InChI=1S/C22H30N6O/c1-3-4-12-24-14-21(28-23)17-9-11-20-19(26-22(29)27-20)10-8-16(17)15(2)18-7-5-6-13-25-18/h3-7,12-13,16-17,19-20H,2,8-11,14,23H2,1H3,(H2,26,27,29)/b4-3-,24-12-,28-21-. The van der Waals surface area contributed by atoms with E-state index in [-0.39, 0.29) is 30.0 Å². The van der Waals surface area contributed by atoms with Crippen LogP contribution in [0.25, 0.3) is 5.57 Å². The van der Waals surface area contributed by atoms with Crippen LogP contribution in [0.4, 0.5) is 4.79 Å². The zero-order valence-corrected chi connectivity index (χ0v) is 16.9. The second-order valence-corrected chi connectivity index (χ2v) is 7.57. The number of hydrogen-bond acceptors (Lipinski definition) is 5. The lowest BCUT2D eigenvalue weighted by atomic mass is 9.73. The van der Waals surface area contributed by atoms with E-state index >= 15 is 0 Å². The predicted octanol–water partition coefficient (Wildman–Crippen LogP) is 2.91. The van der Waals surface area contributed by atoms with Crippen molar-refractivity contribution in [3.8, 4) is 0 Å². The molecule has 1 aliphatic carbocycles. The summed E-state index contributed by atoms with van der Waals surface area (Å²) in [6, 6.07) is 6.07. The smallest absolute Gasteiger partial charge is 0.315 e. The first kappa shape index (κ1) is 20.8. The zero-order valence-electron chi connectivity index (χ0n) is 16.9. The highest BCUT2D eigenvalue weighted by molar-refractivity contribution is 5.91. The molecule has 7 nitrogen and oxygen atoms in total. The number of rotatable bonds is 6. The van der Waals surface area contributed by atoms with Gasteiger partial charge in [0.15, 0.2) is 0 Å². The average Bonchev–Trinajstić information content (AvgIpc) is 3.08. The van der Waals surface area contributed by atoms with Crippen molar-refractivity contribution < 1.29 is 4.79 Å². The van der Waals surface area contributed by atoms with E-state index in [2.05, 4.69) is 32.3 Å². The molecular weight excluding hydrogens is 364 g/mol. The molecule has 154 valence electrons. The number of nitrogens with two attached hydrogens (primary N) is 1. The number of allylic oxidation sites excluding steroid dienone is 3. The first-order valence-electron chi connectivity index (χ1n) is 10.2. The molecule has 0 aromatic carbocycles. The topological polar surface area (TPSA) is 105 Å². The highest BCUT2D eigenvalue weighted by Gasteiger charge is 2.38. The number of urea groups is 1. The van der Waals surface area contributed by atoms with E-state index in [1.54, 1.807) is 12.4 Å². The van der Waals surface area contributed by atoms with Gasteiger partial charge in [0.1, 0.15) is 0 Å². The van der Waals surface area contributed by atoms with Crippen molar-refractivity contribution in [2.24, 2.45) is 27.8 Å². The Balaban J connectivity index is 1.86. The summed E-state index contributed by atoms with van der Waals surface area (Å²) in [5.74, 6) is 6.06. The van der Waals surface area contributed by atoms with Crippen LogP contribution in [0.15, 0.2) is 53.2 Å². The first-order chi connectivity index (χ1) is 14.1. The fourth-order valence-electron chi connectivity index (χ4n) is 4.35.